The molecular weight excluding hydrogens is 378 g/mol. The quantitative estimate of drug-likeness (QED) is 0.273. The second-order valence-electron chi connectivity index (χ2n) is 6.70. The predicted molar refractivity (Wildman–Crippen MR) is 88.0 cm³/mol. The van der Waals surface area contributed by atoms with E-state index in [4.69, 9.17) is 24.2 Å². The lowest BCUT2D eigenvalue weighted by Crippen LogP contribution is -2.48. The number of hydrogen-bond donors (Lipinski definition) is 2. The lowest BCUT2D eigenvalue weighted by atomic mass is 10.1. The highest BCUT2D eigenvalue weighted by molar-refractivity contribution is 6.30. The van der Waals surface area contributed by atoms with E-state index in [1.165, 1.54) is 12.3 Å². The van der Waals surface area contributed by atoms with Crippen molar-refractivity contribution in [1.82, 2.24) is 9.55 Å². The third-order valence-electron chi connectivity index (χ3n) is 4.14. The van der Waals surface area contributed by atoms with E-state index >= 15 is 0 Å². The first-order valence-electron chi connectivity index (χ1n) is 8.52. The summed E-state index contributed by atoms with van der Waals surface area (Å²) in [6.07, 6.45) is -2.87. The van der Waals surface area contributed by atoms with Crippen LogP contribution in [-0.4, -0.2) is 57.6 Å². The van der Waals surface area contributed by atoms with E-state index in [1.54, 1.807) is 5.48 Å². The number of rotatable bonds is 6. The van der Waals surface area contributed by atoms with Gasteiger partial charge >= 0.3 is 23.6 Å². The third kappa shape index (κ3) is 3.97. The number of hydrogen-bond acceptors (Lipinski definition) is 11. The number of esters is 3. The van der Waals surface area contributed by atoms with Crippen LogP contribution < -0.4 is 11.2 Å². The van der Waals surface area contributed by atoms with Crippen molar-refractivity contribution in [2.24, 2.45) is 5.92 Å². The van der Waals surface area contributed by atoms with Crippen LogP contribution in [-0.2, 0) is 33.3 Å². The van der Waals surface area contributed by atoms with Crippen molar-refractivity contribution in [3.63, 3.8) is 0 Å². The maximum Gasteiger partial charge on any atom is 0.418 e. The highest BCUT2D eigenvalue weighted by atomic mass is 16.7. The third-order valence-corrected chi connectivity index (χ3v) is 4.14. The number of ether oxygens (including phenoxy) is 4. The molecule has 12 nitrogen and oxygen atoms in total. The van der Waals surface area contributed by atoms with E-state index in [9.17, 15) is 19.2 Å². The summed E-state index contributed by atoms with van der Waals surface area (Å²) in [5.41, 5.74) is 0.922. The molecule has 2 aliphatic rings. The normalized spacial score (nSPS) is 26.4. The van der Waals surface area contributed by atoms with Crippen molar-refractivity contribution >= 4 is 23.7 Å². The molecule has 2 fully saturated rings. The molecule has 0 spiro atoms. The van der Waals surface area contributed by atoms with Crippen LogP contribution in [0.4, 0.5) is 5.82 Å². The Morgan fingerprint density at radius 1 is 1.29 bits per heavy atom. The molecule has 0 saturated carbocycles. The first-order valence-corrected chi connectivity index (χ1v) is 8.52. The Morgan fingerprint density at radius 2 is 1.96 bits per heavy atom. The standard InChI is InChI=1S/C16H19N3O9/c1-7(2)5-10(20)25-6-8-11-12(28-15(22)14(21)27-11)13(26-8)19-4-3-9(18-24)17-16(19)23/h3-4,7-8,11-13,24H,5-6H2,1-2H3,(H,17,18,23)/t8-,11?,12?,13-/m1/s1. The molecule has 2 saturated heterocycles. The molecule has 2 unspecified atom stereocenters. The maximum absolute atomic E-state index is 12.2. The zero-order valence-corrected chi connectivity index (χ0v) is 15.1. The Balaban J connectivity index is 1.81. The van der Waals surface area contributed by atoms with E-state index in [-0.39, 0.29) is 24.8 Å². The summed E-state index contributed by atoms with van der Waals surface area (Å²) in [6, 6.07) is 1.28. The fraction of sp³-hybridized carbons (Fsp3) is 0.562. The van der Waals surface area contributed by atoms with Gasteiger partial charge in [-0.05, 0) is 12.0 Å². The minimum absolute atomic E-state index is 0.0919. The molecule has 3 rings (SSSR count). The Labute approximate surface area is 158 Å². The van der Waals surface area contributed by atoms with Gasteiger partial charge < -0.3 is 18.9 Å². The molecule has 0 aromatic carbocycles. The van der Waals surface area contributed by atoms with Gasteiger partial charge in [-0.2, -0.15) is 4.98 Å². The van der Waals surface area contributed by atoms with E-state index in [0.29, 0.717) is 0 Å². The van der Waals surface area contributed by atoms with Crippen LogP contribution in [0.2, 0.25) is 0 Å². The van der Waals surface area contributed by atoms with Crippen molar-refractivity contribution in [3.8, 4) is 0 Å². The molecule has 0 bridgehead atoms. The average molecular weight is 397 g/mol. The van der Waals surface area contributed by atoms with Crippen LogP contribution in [0.3, 0.4) is 0 Å². The fourth-order valence-corrected chi connectivity index (χ4v) is 2.91. The van der Waals surface area contributed by atoms with Gasteiger partial charge in [0, 0.05) is 12.6 Å². The molecule has 152 valence electrons. The van der Waals surface area contributed by atoms with Crippen LogP contribution in [0.1, 0.15) is 26.5 Å². The van der Waals surface area contributed by atoms with E-state index in [0.717, 1.165) is 4.57 Å². The van der Waals surface area contributed by atoms with Crippen LogP contribution in [0.25, 0.3) is 0 Å². The summed E-state index contributed by atoms with van der Waals surface area (Å²) in [7, 11) is 0. The molecule has 0 aliphatic carbocycles. The van der Waals surface area contributed by atoms with Crippen LogP contribution in [0.15, 0.2) is 17.1 Å². The van der Waals surface area contributed by atoms with Crippen LogP contribution in [0, 0.1) is 5.92 Å². The summed E-state index contributed by atoms with van der Waals surface area (Å²) in [4.78, 5) is 50.7. The Kier molecular flexibility index (Phi) is 5.61. The Bertz CT molecular complexity index is 837. The van der Waals surface area contributed by atoms with Crippen molar-refractivity contribution < 1.29 is 38.5 Å². The van der Waals surface area contributed by atoms with Gasteiger partial charge in [-0.15, -0.1) is 0 Å². The van der Waals surface area contributed by atoms with Gasteiger partial charge in [-0.25, -0.2) is 14.4 Å². The molecule has 2 N–H and O–H groups in total. The van der Waals surface area contributed by atoms with Gasteiger partial charge in [0.15, 0.2) is 24.3 Å². The number of carbonyl (C=O) groups is 3. The van der Waals surface area contributed by atoms with E-state index in [1.807, 2.05) is 13.8 Å². The number of fused-ring (bicyclic) bond motifs is 1. The van der Waals surface area contributed by atoms with Crippen LogP contribution >= 0.6 is 0 Å². The first-order chi connectivity index (χ1) is 13.3. The molecule has 0 radical (unpaired) electrons. The molecule has 0 amide bonds. The summed E-state index contributed by atoms with van der Waals surface area (Å²) in [6.45, 7) is 3.45. The number of carbonyl (C=O) groups excluding carboxylic acids is 3. The second-order valence-corrected chi connectivity index (χ2v) is 6.70. The summed E-state index contributed by atoms with van der Waals surface area (Å²) in [5, 5.41) is 8.83. The van der Waals surface area contributed by atoms with Crippen LogP contribution in [0.5, 0.6) is 0 Å². The van der Waals surface area contributed by atoms with Gasteiger partial charge in [0.2, 0.25) is 0 Å². The lowest BCUT2D eigenvalue weighted by molar-refractivity contribution is -0.195. The molecule has 2 aliphatic heterocycles. The molecule has 3 heterocycles. The van der Waals surface area contributed by atoms with Crippen molar-refractivity contribution in [2.45, 2.75) is 44.8 Å². The topological polar surface area (TPSA) is 155 Å². The lowest BCUT2D eigenvalue weighted by Gasteiger charge is -2.28. The minimum atomic E-state index is -1.22. The Hall–Kier alpha value is -2.99. The SMILES string of the molecule is CC(C)CC(=O)OC[C@H]1O[C@@H](n2ccc(NO)nc2=O)C2OC(=O)C(=O)OC21. The van der Waals surface area contributed by atoms with Crippen molar-refractivity contribution in [1.29, 1.82) is 0 Å². The van der Waals surface area contributed by atoms with E-state index < -0.39 is 48.1 Å². The number of aromatic nitrogens is 2. The zero-order chi connectivity index (χ0) is 20.4. The number of anilines is 1. The van der Waals surface area contributed by atoms with Gasteiger partial charge in [-0.3, -0.25) is 20.0 Å². The smallest absolute Gasteiger partial charge is 0.418 e. The maximum atomic E-state index is 12.2. The predicted octanol–water partition coefficient (Wildman–Crippen LogP) is -0.632. The monoisotopic (exact) mass is 397 g/mol. The van der Waals surface area contributed by atoms with Crippen molar-refractivity contribution in [3.05, 3.63) is 22.7 Å². The van der Waals surface area contributed by atoms with Gasteiger partial charge in [0.25, 0.3) is 0 Å². The molecule has 1 aromatic rings. The van der Waals surface area contributed by atoms with Gasteiger partial charge in [0.1, 0.15) is 12.7 Å². The summed E-state index contributed by atoms with van der Waals surface area (Å²) < 4.78 is 22.0. The minimum Gasteiger partial charge on any atom is -0.463 e. The molecule has 4 atom stereocenters. The highest BCUT2D eigenvalue weighted by Crippen LogP contribution is 2.35. The van der Waals surface area contributed by atoms with Crippen molar-refractivity contribution in [2.75, 3.05) is 12.1 Å². The van der Waals surface area contributed by atoms with E-state index in [2.05, 4.69) is 4.98 Å². The zero-order valence-electron chi connectivity index (χ0n) is 15.1. The number of nitrogens with one attached hydrogen (secondary N) is 1. The molecular formula is C16H19N3O9. The molecule has 1 aromatic heterocycles. The molecule has 28 heavy (non-hydrogen) atoms. The fourth-order valence-electron chi connectivity index (χ4n) is 2.91. The summed E-state index contributed by atoms with van der Waals surface area (Å²) in [5.74, 6) is -2.89. The molecule has 12 heteroatoms. The van der Waals surface area contributed by atoms with Gasteiger partial charge in [-0.1, -0.05) is 13.8 Å². The summed E-state index contributed by atoms with van der Waals surface area (Å²) >= 11 is 0. The largest absolute Gasteiger partial charge is 0.463 e. The number of nitrogens with zero attached hydrogens (tertiary/aromatic N) is 2. The Morgan fingerprint density at radius 3 is 2.57 bits per heavy atom. The first kappa shape index (κ1) is 19.8. The highest BCUT2D eigenvalue weighted by Gasteiger charge is 2.55. The second kappa shape index (κ2) is 7.94. The average Bonchev–Trinajstić information content (AvgIpc) is 2.97. The van der Waals surface area contributed by atoms with Gasteiger partial charge in [0.05, 0.1) is 0 Å².